The maximum absolute atomic E-state index is 12.6. The maximum atomic E-state index is 12.6. The van der Waals surface area contributed by atoms with Crippen LogP contribution >= 0.6 is 11.3 Å². The standard InChI is InChI=1S/C18H17N3O3S/c1-8-7-9(2)19-18-12(8)13-15(25-18)17(23)21-16(20-13)10-5-4-6-11(24-3)14(10)22/h4-7,16,20,22H,1-3H3,(H,21,23)/t16-/m1/s1. The number of aromatic hydroxyl groups is 1. The van der Waals surface area contributed by atoms with Crippen LogP contribution in [0.2, 0.25) is 0 Å². The second kappa shape index (κ2) is 5.63. The first kappa shape index (κ1) is 15.7. The van der Waals surface area contributed by atoms with E-state index in [1.54, 1.807) is 18.2 Å². The van der Waals surface area contributed by atoms with E-state index in [1.807, 2.05) is 19.9 Å². The zero-order valence-electron chi connectivity index (χ0n) is 14.0. The number of rotatable bonds is 2. The number of hydrogen-bond donors (Lipinski definition) is 3. The molecule has 0 radical (unpaired) electrons. The van der Waals surface area contributed by atoms with Gasteiger partial charge in [0.1, 0.15) is 15.9 Å². The molecule has 1 aliphatic heterocycles. The van der Waals surface area contributed by atoms with E-state index in [2.05, 4.69) is 15.6 Å². The highest BCUT2D eigenvalue weighted by Gasteiger charge is 2.31. The number of methoxy groups -OCH3 is 1. The highest BCUT2D eigenvalue weighted by atomic mass is 32.1. The second-order valence-corrected chi connectivity index (χ2v) is 7.01. The van der Waals surface area contributed by atoms with E-state index in [4.69, 9.17) is 4.74 Å². The average Bonchev–Trinajstić information content (AvgIpc) is 2.94. The molecule has 1 aromatic carbocycles. The molecule has 1 aliphatic rings. The normalized spacial score (nSPS) is 16.3. The van der Waals surface area contributed by atoms with E-state index < -0.39 is 6.17 Å². The quantitative estimate of drug-likeness (QED) is 0.655. The van der Waals surface area contributed by atoms with Crippen molar-refractivity contribution in [2.45, 2.75) is 20.0 Å². The molecule has 0 spiro atoms. The molecule has 3 heterocycles. The largest absolute Gasteiger partial charge is 0.504 e. The Balaban J connectivity index is 1.85. The molecule has 3 aromatic rings. The molecule has 7 heteroatoms. The van der Waals surface area contributed by atoms with Crippen LogP contribution in [0.25, 0.3) is 10.2 Å². The number of pyridine rings is 1. The van der Waals surface area contributed by atoms with Crippen molar-refractivity contribution < 1.29 is 14.6 Å². The number of phenolic OH excluding ortho intramolecular Hbond substituents is 1. The number of anilines is 1. The highest BCUT2D eigenvalue weighted by molar-refractivity contribution is 7.21. The highest BCUT2D eigenvalue weighted by Crippen LogP contribution is 2.42. The van der Waals surface area contributed by atoms with Crippen LogP contribution in [0.3, 0.4) is 0 Å². The minimum atomic E-state index is -0.548. The van der Waals surface area contributed by atoms with E-state index in [0.29, 0.717) is 16.2 Å². The van der Waals surface area contributed by atoms with Gasteiger partial charge in [-0.25, -0.2) is 4.98 Å². The Hall–Kier alpha value is -2.80. The van der Waals surface area contributed by atoms with Gasteiger partial charge in [0.05, 0.1) is 12.8 Å². The summed E-state index contributed by atoms with van der Waals surface area (Å²) in [5.74, 6) is 0.195. The molecule has 1 atom stereocenters. The smallest absolute Gasteiger partial charge is 0.265 e. The summed E-state index contributed by atoms with van der Waals surface area (Å²) < 4.78 is 5.16. The van der Waals surface area contributed by atoms with Crippen LogP contribution in [-0.2, 0) is 0 Å². The van der Waals surface area contributed by atoms with Crippen molar-refractivity contribution >= 4 is 33.1 Å². The topological polar surface area (TPSA) is 83.5 Å². The summed E-state index contributed by atoms with van der Waals surface area (Å²) in [4.78, 5) is 18.6. The number of carbonyl (C=O) groups is 1. The number of aryl methyl sites for hydroxylation is 2. The minimum Gasteiger partial charge on any atom is -0.504 e. The predicted molar refractivity (Wildman–Crippen MR) is 97.6 cm³/mol. The molecule has 0 unspecified atom stereocenters. The number of amides is 1. The van der Waals surface area contributed by atoms with Gasteiger partial charge in [0.15, 0.2) is 11.5 Å². The summed E-state index contributed by atoms with van der Waals surface area (Å²) in [5.41, 5.74) is 3.30. The zero-order chi connectivity index (χ0) is 17.7. The van der Waals surface area contributed by atoms with Crippen LogP contribution in [0.5, 0.6) is 11.5 Å². The Morgan fingerprint density at radius 1 is 1.28 bits per heavy atom. The summed E-state index contributed by atoms with van der Waals surface area (Å²) in [6.45, 7) is 3.95. The lowest BCUT2D eigenvalue weighted by Gasteiger charge is -2.27. The Kier molecular flexibility index (Phi) is 3.54. The van der Waals surface area contributed by atoms with Gasteiger partial charge in [0.25, 0.3) is 5.91 Å². The molecule has 6 nitrogen and oxygen atoms in total. The van der Waals surface area contributed by atoms with Gasteiger partial charge in [0.2, 0.25) is 0 Å². The SMILES string of the molecule is COc1cccc([C@H]2NC(=O)c3sc4nc(C)cc(C)c4c3N2)c1O. The zero-order valence-corrected chi connectivity index (χ0v) is 14.8. The molecule has 0 saturated carbocycles. The number of benzene rings is 1. The van der Waals surface area contributed by atoms with Gasteiger partial charge < -0.3 is 20.5 Å². The monoisotopic (exact) mass is 355 g/mol. The summed E-state index contributed by atoms with van der Waals surface area (Å²) in [5, 5.41) is 17.6. The van der Waals surface area contributed by atoms with E-state index in [0.717, 1.165) is 27.2 Å². The lowest BCUT2D eigenvalue weighted by Crippen LogP contribution is -2.37. The van der Waals surface area contributed by atoms with Gasteiger partial charge in [-0.2, -0.15) is 0 Å². The Labute approximate surface area is 148 Å². The minimum absolute atomic E-state index is 0.0106. The van der Waals surface area contributed by atoms with Crippen LogP contribution in [-0.4, -0.2) is 23.1 Å². The van der Waals surface area contributed by atoms with Crippen molar-refractivity contribution in [1.29, 1.82) is 0 Å². The van der Waals surface area contributed by atoms with Crippen LogP contribution < -0.4 is 15.4 Å². The number of phenols is 1. The van der Waals surface area contributed by atoms with E-state index in [1.165, 1.54) is 18.4 Å². The van der Waals surface area contributed by atoms with Crippen molar-refractivity contribution in [3.8, 4) is 11.5 Å². The number of para-hydroxylation sites is 1. The predicted octanol–water partition coefficient (Wildman–Crippen LogP) is 3.48. The first-order valence-electron chi connectivity index (χ1n) is 7.83. The summed E-state index contributed by atoms with van der Waals surface area (Å²) in [7, 11) is 1.49. The lowest BCUT2D eigenvalue weighted by atomic mass is 10.1. The maximum Gasteiger partial charge on any atom is 0.265 e. The van der Waals surface area contributed by atoms with E-state index in [-0.39, 0.29) is 11.7 Å². The molecule has 1 amide bonds. The first-order chi connectivity index (χ1) is 12.0. The molecular weight excluding hydrogens is 338 g/mol. The number of fused-ring (bicyclic) bond motifs is 3. The fraction of sp³-hybridized carbons (Fsp3) is 0.222. The van der Waals surface area contributed by atoms with Crippen LogP contribution in [0.4, 0.5) is 5.69 Å². The van der Waals surface area contributed by atoms with Crippen LogP contribution in [0, 0.1) is 13.8 Å². The van der Waals surface area contributed by atoms with Gasteiger partial charge in [-0.05, 0) is 31.5 Å². The fourth-order valence-corrected chi connectivity index (χ4v) is 4.37. The third-order valence-corrected chi connectivity index (χ3v) is 5.40. The average molecular weight is 355 g/mol. The van der Waals surface area contributed by atoms with Gasteiger partial charge in [-0.15, -0.1) is 11.3 Å². The van der Waals surface area contributed by atoms with Crippen LogP contribution in [0.1, 0.15) is 32.7 Å². The third kappa shape index (κ3) is 2.39. The third-order valence-electron chi connectivity index (χ3n) is 4.32. The molecule has 0 saturated heterocycles. The fourth-order valence-electron chi connectivity index (χ4n) is 3.21. The van der Waals surface area contributed by atoms with Gasteiger partial charge >= 0.3 is 0 Å². The molecule has 0 aliphatic carbocycles. The molecule has 128 valence electrons. The van der Waals surface area contributed by atoms with Crippen molar-refractivity contribution in [2.75, 3.05) is 12.4 Å². The van der Waals surface area contributed by atoms with Gasteiger partial charge in [0, 0.05) is 16.6 Å². The number of aromatic nitrogens is 1. The number of hydrogen-bond acceptors (Lipinski definition) is 6. The first-order valence-corrected chi connectivity index (χ1v) is 8.65. The Morgan fingerprint density at radius 2 is 2.08 bits per heavy atom. The van der Waals surface area contributed by atoms with Crippen molar-refractivity contribution in [1.82, 2.24) is 10.3 Å². The molecule has 0 fully saturated rings. The molecule has 25 heavy (non-hydrogen) atoms. The molecule has 3 N–H and O–H groups in total. The number of nitrogens with zero attached hydrogens (tertiary/aromatic N) is 1. The van der Waals surface area contributed by atoms with Crippen molar-refractivity contribution in [3.63, 3.8) is 0 Å². The summed E-state index contributed by atoms with van der Waals surface area (Å²) >= 11 is 1.37. The molecule has 4 rings (SSSR count). The number of thiophene rings is 1. The molecule has 2 aromatic heterocycles. The Bertz CT molecular complexity index is 1010. The summed E-state index contributed by atoms with van der Waals surface area (Å²) in [6, 6.07) is 7.21. The lowest BCUT2D eigenvalue weighted by molar-refractivity contribution is 0.0940. The molecule has 0 bridgehead atoms. The van der Waals surface area contributed by atoms with Crippen LogP contribution in [0.15, 0.2) is 24.3 Å². The second-order valence-electron chi connectivity index (χ2n) is 6.02. The number of ether oxygens (including phenoxy) is 1. The molecular formula is C18H17N3O3S. The van der Waals surface area contributed by atoms with Gasteiger partial charge in [-0.3, -0.25) is 4.79 Å². The van der Waals surface area contributed by atoms with E-state index >= 15 is 0 Å². The summed E-state index contributed by atoms with van der Waals surface area (Å²) in [6.07, 6.45) is -0.548. The van der Waals surface area contributed by atoms with Crippen molar-refractivity contribution in [3.05, 3.63) is 46.0 Å². The van der Waals surface area contributed by atoms with Gasteiger partial charge in [-0.1, -0.05) is 12.1 Å². The Morgan fingerprint density at radius 3 is 2.84 bits per heavy atom. The van der Waals surface area contributed by atoms with Crippen molar-refractivity contribution in [2.24, 2.45) is 0 Å². The number of nitrogens with one attached hydrogen (secondary N) is 2. The number of carbonyl (C=O) groups excluding carboxylic acids is 1. The van der Waals surface area contributed by atoms with E-state index in [9.17, 15) is 9.90 Å².